The van der Waals surface area contributed by atoms with Crippen molar-refractivity contribution in [2.45, 2.75) is 38.5 Å². The van der Waals surface area contributed by atoms with Gasteiger partial charge in [0.15, 0.2) is 0 Å². The van der Waals surface area contributed by atoms with Gasteiger partial charge in [-0.15, -0.1) is 11.3 Å². The summed E-state index contributed by atoms with van der Waals surface area (Å²) in [5, 5.41) is 8.33. The molecule has 2 aliphatic heterocycles. The summed E-state index contributed by atoms with van der Waals surface area (Å²) in [7, 11) is 0. The third-order valence-electron chi connectivity index (χ3n) is 4.18. The lowest BCUT2D eigenvalue weighted by molar-refractivity contribution is -0.114. The molecule has 0 spiro atoms. The maximum atomic E-state index is 11.1. The summed E-state index contributed by atoms with van der Waals surface area (Å²) in [5.74, 6) is -0.0228. The molecule has 1 aromatic heterocycles. The molecule has 5 nitrogen and oxygen atoms in total. The monoisotopic (exact) mass is 309 g/mol. The van der Waals surface area contributed by atoms with Crippen LogP contribution in [-0.4, -0.2) is 49.2 Å². The zero-order valence-electron chi connectivity index (χ0n) is 12.4. The number of rotatable bonds is 5. The first kappa shape index (κ1) is 15.0. The van der Waals surface area contributed by atoms with E-state index in [1.165, 1.54) is 31.2 Å². The number of thiophene rings is 1. The highest BCUT2D eigenvalue weighted by atomic mass is 32.1. The maximum Gasteiger partial charge on any atom is 0.221 e. The molecule has 3 rings (SSSR count). The normalized spacial score (nSPS) is 25.8. The highest BCUT2D eigenvalue weighted by molar-refractivity contribution is 7.10. The molecule has 2 saturated heterocycles. The lowest BCUT2D eigenvalue weighted by atomic mass is 10.2. The van der Waals surface area contributed by atoms with E-state index in [1.54, 1.807) is 11.3 Å². The molecular weight excluding hydrogens is 286 g/mol. The molecule has 2 atom stereocenters. The van der Waals surface area contributed by atoms with Crippen molar-refractivity contribution in [3.63, 3.8) is 0 Å². The average molecular weight is 309 g/mol. The van der Waals surface area contributed by atoms with Gasteiger partial charge < -0.3 is 15.4 Å². The van der Waals surface area contributed by atoms with Crippen LogP contribution in [0, 0.1) is 0 Å². The van der Waals surface area contributed by atoms with Crippen LogP contribution < -0.4 is 10.6 Å². The van der Waals surface area contributed by atoms with Crippen LogP contribution in [0.1, 0.15) is 24.6 Å². The number of nitrogens with one attached hydrogen (secondary N) is 2. The van der Waals surface area contributed by atoms with Gasteiger partial charge in [0.05, 0.1) is 18.4 Å². The van der Waals surface area contributed by atoms with Crippen LogP contribution in [-0.2, 0) is 16.1 Å². The van der Waals surface area contributed by atoms with E-state index in [2.05, 4.69) is 15.5 Å². The number of anilines is 1. The van der Waals surface area contributed by atoms with Crippen molar-refractivity contribution in [2.24, 2.45) is 0 Å². The quantitative estimate of drug-likeness (QED) is 0.868. The Morgan fingerprint density at radius 1 is 1.57 bits per heavy atom. The molecule has 6 heteroatoms. The molecule has 21 heavy (non-hydrogen) atoms. The van der Waals surface area contributed by atoms with E-state index in [0.29, 0.717) is 6.04 Å². The van der Waals surface area contributed by atoms with E-state index in [-0.39, 0.29) is 12.0 Å². The Bertz CT molecular complexity index is 491. The molecule has 2 N–H and O–H groups in total. The number of amides is 1. The van der Waals surface area contributed by atoms with E-state index >= 15 is 0 Å². The zero-order chi connectivity index (χ0) is 14.7. The molecule has 1 aromatic rings. The number of morpholine rings is 1. The molecule has 2 aliphatic rings. The van der Waals surface area contributed by atoms with Gasteiger partial charge in [0.2, 0.25) is 5.91 Å². The number of carbonyl (C=O) groups is 1. The first-order chi connectivity index (χ1) is 10.2. The van der Waals surface area contributed by atoms with E-state index < -0.39 is 0 Å². The summed E-state index contributed by atoms with van der Waals surface area (Å²) in [5.41, 5.74) is 0.921. The van der Waals surface area contributed by atoms with Gasteiger partial charge in [-0.3, -0.25) is 9.69 Å². The maximum absolute atomic E-state index is 11.1. The number of carbonyl (C=O) groups excluding carboxylic acids is 1. The Kier molecular flexibility index (Phi) is 4.90. The van der Waals surface area contributed by atoms with Gasteiger partial charge in [-0.05, 0) is 30.8 Å². The number of ether oxygens (including phenoxy) is 1. The first-order valence-electron chi connectivity index (χ1n) is 7.62. The van der Waals surface area contributed by atoms with Gasteiger partial charge in [-0.2, -0.15) is 0 Å². The summed E-state index contributed by atoms with van der Waals surface area (Å²) in [6, 6.07) is 2.61. The number of nitrogens with zero attached hydrogens (tertiary/aromatic N) is 1. The standard InChI is InChI=1S/C15H23N3O2S/c1-11(19)17-14-4-6-21-15(14)8-16-7-13-9-18-5-2-3-12(18)10-20-13/h4,6,12-13,16H,2-3,5,7-10H2,1H3,(H,17,19). The molecular formula is C15H23N3O2S. The number of fused-ring (bicyclic) bond motifs is 1. The van der Waals surface area contributed by atoms with Crippen LogP contribution in [0.25, 0.3) is 0 Å². The average Bonchev–Trinajstić information content (AvgIpc) is 3.07. The van der Waals surface area contributed by atoms with Crippen LogP contribution in [0.15, 0.2) is 11.4 Å². The third-order valence-corrected chi connectivity index (χ3v) is 5.10. The Balaban J connectivity index is 1.44. The minimum Gasteiger partial charge on any atom is -0.374 e. The van der Waals surface area contributed by atoms with E-state index in [9.17, 15) is 4.79 Å². The summed E-state index contributed by atoms with van der Waals surface area (Å²) >= 11 is 1.67. The van der Waals surface area contributed by atoms with Crippen molar-refractivity contribution in [3.8, 4) is 0 Å². The van der Waals surface area contributed by atoms with Crippen molar-refractivity contribution in [1.82, 2.24) is 10.2 Å². The largest absolute Gasteiger partial charge is 0.374 e. The molecule has 0 aromatic carbocycles. The fraction of sp³-hybridized carbons (Fsp3) is 0.667. The molecule has 0 radical (unpaired) electrons. The fourth-order valence-electron chi connectivity index (χ4n) is 3.13. The third kappa shape index (κ3) is 3.83. The SMILES string of the molecule is CC(=O)Nc1ccsc1CNCC1CN2CCCC2CO1. The predicted octanol–water partition coefficient (Wildman–Crippen LogP) is 1.66. The van der Waals surface area contributed by atoms with Crippen molar-refractivity contribution in [2.75, 3.05) is 31.6 Å². The highest BCUT2D eigenvalue weighted by Gasteiger charge is 2.31. The smallest absolute Gasteiger partial charge is 0.221 e. The van der Waals surface area contributed by atoms with Crippen LogP contribution in [0.4, 0.5) is 5.69 Å². The second-order valence-electron chi connectivity index (χ2n) is 5.82. The lowest BCUT2D eigenvalue weighted by Gasteiger charge is -2.35. The molecule has 3 heterocycles. The molecule has 2 unspecified atom stereocenters. The van der Waals surface area contributed by atoms with Crippen LogP contribution in [0.5, 0.6) is 0 Å². The van der Waals surface area contributed by atoms with E-state index in [4.69, 9.17) is 4.74 Å². The highest BCUT2D eigenvalue weighted by Crippen LogP contribution is 2.23. The Morgan fingerprint density at radius 3 is 3.33 bits per heavy atom. The predicted molar refractivity (Wildman–Crippen MR) is 84.7 cm³/mol. The minimum absolute atomic E-state index is 0.0228. The van der Waals surface area contributed by atoms with Crippen LogP contribution >= 0.6 is 11.3 Å². The molecule has 2 fully saturated rings. The van der Waals surface area contributed by atoms with Gasteiger partial charge in [0.25, 0.3) is 0 Å². The van der Waals surface area contributed by atoms with Gasteiger partial charge in [-0.25, -0.2) is 0 Å². The number of hydrogen-bond donors (Lipinski definition) is 2. The topological polar surface area (TPSA) is 53.6 Å². The van der Waals surface area contributed by atoms with E-state index in [0.717, 1.165) is 31.9 Å². The summed E-state index contributed by atoms with van der Waals surface area (Å²) in [4.78, 5) is 14.9. The lowest BCUT2D eigenvalue weighted by Crippen LogP contribution is -2.49. The zero-order valence-corrected chi connectivity index (χ0v) is 13.2. The molecule has 0 saturated carbocycles. The summed E-state index contributed by atoms with van der Waals surface area (Å²) < 4.78 is 5.94. The van der Waals surface area contributed by atoms with Crippen molar-refractivity contribution in [1.29, 1.82) is 0 Å². The fourth-order valence-corrected chi connectivity index (χ4v) is 3.93. The Morgan fingerprint density at radius 2 is 2.48 bits per heavy atom. The van der Waals surface area contributed by atoms with Gasteiger partial charge in [0, 0.05) is 37.5 Å². The van der Waals surface area contributed by atoms with E-state index in [1.807, 2.05) is 11.4 Å². The molecule has 1 amide bonds. The van der Waals surface area contributed by atoms with Crippen molar-refractivity contribution < 1.29 is 9.53 Å². The summed E-state index contributed by atoms with van der Waals surface area (Å²) in [6.45, 7) is 6.32. The first-order valence-corrected chi connectivity index (χ1v) is 8.50. The van der Waals surface area contributed by atoms with Crippen LogP contribution in [0.3, 0.4) is 0 Å². The minimum atomic E-state index is -0.0228. The molecule has 116 valence electrons. The summed E-state index contributed by atoms with van der Waals surface area (Å²) in [6.07, 6.45) is 2.88. The van der Waals surface area contributed by atoms with Crippen LogP contribution in [0.2, 0.25) is 0 Å². The Labute approximate surface area is 129 Å². The second kappa shape index (κ2) is 6.87. The molecule has 0 aliphatic carbocycles. The number of hydrogen-bond acceptors (Lipinski definition) is 5. The van der Waals surface area contributed by atoms with Crippen molar-refractivity contribution in [3.05, 3.63) is 16.3 Å². The van der Waals surface area contributed by atoms with Gasteiger partial charge >= 0.3 is 0 Å². The van der Waals surface area contributed by atoms with Crippen molar-refractivity contribution >= 4 is 22.9 Å². The van der Waals surface area contributed by atoms with Gasteiger partial charge in [-0.1, -0.05) is 0 Å². The molecule has 0 bridgehead atoms. The Hall–Kier alpha value is -0.950. The van der Waals surface area contributed by atoms with Gasteiger partial charge in [0.1, 0.15) is 0 Å². The second-order valence-corrected chi connectivity index (χ2v) is 6.82.